The van der Waals surface area contributed by atoms with E-state index in [0.29, 0.717) is 19.3 Å². The summed E-state index contributed by atoms with van der Waals surface area (Å²) < 4.78 is 5.48. The van der Waals surface area contributed by atoms with E-state index in [9.17, 15) is 9.90 Å². The summed E-state index contributed by atoms with van der Waals surface area (Å²) in [4.78, 5) is 13.9. The van der Waals surface area contributed by atoms with Crippen LogP contribution in [0.4, 0.5) is 0 Å². The summed E-state index contributed by atoms with van der Waals surface area (Å²) in [6.45, 7) is 4.16. The Balaban J connectivity index is 2.05. The van der Waals surface area contributed by atoms with Crippen LogP contribution in [0.2, 0.25) is 0 Å². The number of hydrogen-bond acceptors (Lipinski definition) is 3. The highest BCUT2D eigenvalue weighted by Crippen LogP contribution is 2.28. The number of carbonyl (C=O) groups is 1. The van der Waals surface area contributed by atoms with Crippen LogP contribution in [-0.4, -0.2) is 47.8 Å². The van der Waals surface area contributed by atoms with Gasteiger partial charge >= 0.3 is 5.97 Å². The van der Waals surface area contributed by atoms with Gasteiger partial charge in [-0.05, 0) is 25.8 Å². The van der Waals surface area contributed by atoms with Crippen LogP contribution in [0.25, 0.3) is 0 Å². The van der Waals surface area contributed by atoms with Crippen molar-refractivity contribution in [1.82, 2.24) is 4.90 Å². The number of hydrogen-bond donors (Lipinski definition) is 1. The lowest BCUT2D eigenvalue weighted by Crippen LogP contribution is -2.49. The van der Waals surface area contributed by atoms with Gasteiger partial charge in [-0.3, -0.25) is 9.69 Å². The molecule has 1 aliphatic carbocycles. The van der Waals surface area contributed by atoms with Crippen molar-refractivity contribution in [2.45, 2.75) is 70.4 Å². The fourth-order valence-electron chi connectivity index (χ4n) is 3.75. The molecule has 2 unspecified atom stereocenters. The van der Waals surface area contributed by atoms with Crippen molar-refractivity contribution in [1.29, 1.82) is 0 Å². The molecule has 20 heavy (non-hydrogen) atoms. The molecular formula is C16H29NO3. The summed E-state index contributed by atoms with van der Waals surface area (Å²) in [6.07, 6.45) is 10.1. The van der Waals surface area contributed by atoms with E-state index in [0.717, 1.165) is 13.0 Å². The molecule has 0 spiro atoms. The van der Waals surface area contributed by atoms with Gasteiger partial charge in [0.2, 0.25) is 0 Å². The van der Waals surface area contributed by atoms with Crippen LogP contribution in [-0.2, 0) is 9.53 Å². The Morgan fingerprint density at radius 2 is 1.80 bits per heavy atom. The van der Waals surface area contributed by atoms with Crippen LogP contribution in [0.1, 0.15) is 58.3 Å². The summed E-state index contributed by atoms with van der Waals surface area (Å²) in [7, 11) is 0. The summed E-state index contributed by atoms with van der Waals surface area (Å²) in [6, 6.07) is 0.640. The van der Waals surface area contributed by atoms with E-state index in [-0.39, 0.29) is 12.0 Å². The van der Waals surface area contributed by atoms with Crippen LogP contribution in [0.3, 0.4) is 0 Å². The molecule has 0 radical (unpaired) electrons. The van der Waals surface area contributed by atoms with Gasteiger partial charge in [0, 0.05) is 12.1 Å². The van der Waals surface area contributed by atoms with E-state index in [1.54, 1.807) is 0 Å². The van der Waals surface area contributed by atoms with Gasteiger partial charge in [0.05, 0.1) is 19.1 Å². The van der Waals surface area contributed by atoms with Crippen LogP contribution >= 0.6 is 0 Å². The van der Waals surface area contributed by atoms with E-state index in [1.807, 2.05) is 0 Å². The number of carboxylic acid groups (broad SMARTS) is 1. The predicted molar refractivity (Wildman–Crippen MR) is 78.8 cm³/mol. The molecule has 1 heterocycles. The molecule has 2 atom stereocenters. The van der Waals surface area contributed by atoms with Crippen molar-refractivity contribution < 1.29 is 14.6 Å². The maximum absolute atomic E-state index is 11.4. The second-order valence-corrected chi connectivity index (χ2v) is 6.29. The highest BCUT2D eigenvalue weighted by Gasteiger charge is 2.39. The molecule has 1 saturated carbocycles. The largest absolute Gasteiger partial charge is 0.481 e. The fourth-order valence-corrected chi connectivity index (χ4v) is 3.75. The third-order valence-corrected chi connectivity index (χ3v) is 4.82. The lowest BCUT2D eigenvalue weighted by atomic mass is 9.92. The zero-order valence-corrected chi connectivity index (χ0v) is 12.7. The Morgan fingerprint density at radius 1 is 1.15 bits per heavy atom. The van der Waals surface area contributed by atoms with Gasteiger partial charge in [0.15, 0.2) is 0 Å². The number of ether oxygens (including phenoxy) is 1. The molecule has 0 amide bonds. The maximum Gasteiger partial charge on any atom is 0.310 e. The minimum Gasteiger partial charge on any atom is -0.481 e. The summed E-state index contributed by atoms with van der Waals surface area (Å²) >= 11 is 0. The van der Waals surface area contributed by atoms with Crippen molar-refractivity contribution in [2.75, 3.05) is 19.8 Å². The van der Waals surface area contributed by atoms with E-state index < -0.39 is 5.97 Å². The molecule has 2 rings (SSSR count). The molecule has 0 aromatic rings. The van der Waals surface area contributed by atoms with Gasteiger partial charge < -0.3 is 9.84 Å². The lowest BCUT2D eigenvalue weighted by Gasteiger charge is -2.38. The molecular weight excluding hydrogens is 254 g/mol. The average Bonchev–Trinajstić information content (AvgIpc) is 2.85. The van der Waals surface area contributed by atoms with Crippen LogP contribution in [0, 0.1) is 5.92 Å². The van der Waals surface area contributed by atoms with E-state index in [4.69, 9.17) is 4.74 Å². The quantitative estimate of drug-likeness (QED) is 0.843. The number of rotatable bonds is 5. The molecule has 4 heteroatoms. The molecule has 116 valence electrons. The number of carboxylic acids is 1. The van der Waals surface area contributed by atoms with E-state index >= 15 is 0 Å². The van der Waals surface area contributed by atoms with Crippen molar-refractivity contribution >= 4 is 5.97 Å². The second kappa shape index (κ2) is 7.99. The van der Waals surface area contributed by atoms with Crippen molar-refractivity contribution in [3.63, 3.8) is 0 Å². The molecule has 0 aromatic carbocycles. The van der Waals surface area contributed by atoms with Gasteiger partial charge in [0.1, 0.15) is 0 Å². The van der Waals surface area contributed by atoms with Gasteiger partial charge in [-0.2, -0.15) is 0 Å². The third kappa shape index (κ3) is 3.95. The van der Waals surface area contributed by atoms with Crippen molar-refractivity contribution in [3.8, 4) is 0 Å². The molecule has 2 fully saturated rings. The number of aliphatic carboxylic acids is 1. The fraction of sp³-hybridized carbons (Fsp3) is 0.938. The SMILES string of the molecule is CCCN(C1CCCCCCC1)C1COCC1C(=O)O. The van der Waals surface area contributed by atoms with E-state index in [2.05, 4.69) is 11.8 Å². The summed E-state index contributed by atoms with van der Waals surface area (Å²) in [5.74, 6) is -1.04. The highest BCUT2D eigenvalue weighted by molar-refractivity contribution is 5.71. The van der Waals surface area contributed by atoms with Gasteiger partial charge in [0.25, 0.3) is 0 Å². The van der Waals surface area contributed by atoms with Crippen molar-refractivity contribution in [2.24, 2.45) is 5.92 Å². The Kier molecular flexibility index (Phi) is 6.30. The van der Waals surface area contributed by atoms with Gasteiger partial charge in [-0.1, -0.05) is 39.0 Å². The molecule has 4 nitrogen and oxygen atoms in total. The Labute approximate surface area is 122 Å². The van der Waals surface area contributed by atoms with E-state index in [1.165, 1.54) is 44.9 Å². The molecule has 1 N–H and O–H groups in total. The topological polar surface area (TPSA) is 49.8 Å². The first-order valence-electron chi connectivity index (χ1n) is 8.30. The maximum atomic E-state index is 11.4. The Bertz CT molecular complexity index is 300. The van der Waals surface area contributed by atoms with Crippen LogP contribution in [0.15, 0.2) is 0 Å². The molecule has 0 bridgehead atoms. The third-order valence-electron chi connectivity index (χ3n) is 4.82. The Hall–Kier alpha value is -0.610. The Morgan fingerprint density at radius 3 is 2.40 bits per heavy atom. The summed E-state index contributed by atoms with van der Waals surface area (Å²) in [5.41, 5.74) is 0. The molecule has 2 aliphatic rings. The molecule has 1 aliphatic heterocycles. The van der Waals surface area contributed by atoms with Gasteiger partial charge in [-0.15, -0.1) is 0 Å². The number of nitrogens with zero attached hydrogens (tertiary/aromatic N) is 1. The smallest absolute Gasteiger partial charge is 0.310 e. The monoisotopic (exact) mass is 283 g/mol. The normalized spacial score (nSPS) is 29.3. The van der Waals surface area contributed by atoms with Crippen LogP contribution < -0.4 is 0 Å². The summed E-state index contributed by atoms with van der Waals surface area (Å²) in [5, 5.41) is 9.39. The van der Waals surface area contributed by atoms with Gasteiger partial charge in [-0.25, -0.2) is 0 Å². The standard InChI is InChI=1S/C16H29NO3/c1-2-10-17(13-8-6-4-3-5-7-9-13)15-12-20-11-14(15)16(18)19/h13-15H,2-12H2,1H3,(H,18,19). The average molecular weight is 283 g/mol. The first-order valence-corrected chi connectivity index (χ1v) is 8.30. The van der Waals surface area contributed by atoms with Crippen LogP contribution in [0.5, 0.6) is 0 Å². The molecule has 1 saturated heterocycles. The minimum atomic E-state index is -0.695. The lowest BCUT2D eigenvalue weighted by molar-refractivity contribution is -0.143. The highest BCUT2D eigenvalue weighted by atomic mass is 16.5. The minimum absolute atomic E-state index is 0.0804. The zero-order valence-electron chi connectivity index (χ0n) is 12.7. The first kappa shape index (κ1) is 15.8. The van der Waals surface area contributed by atoms with Crippen molar-refractivity contribution in [3.05, 3.63) is 0 Å². The zero-order chi connectivity index (χ0) is 14.4. The first-order chi connectivity index (χ1) is 9.74. The predicted octanol–water partition coefficient (Wildman–Crippen LogP) is 2.91. The molecule has 0 aromatic heterocycles. The second-order valence-electron chi connectivity index (χ2n) is 6.29.